The number of fused-ring (bicyclic) bond motifs is 1. The molecule has 3 rings (SSSR count). The zero-order valence-electron chi connectivity index (χ0n) is 11.6. The molecule has 0 unspecified atom stereocenters. The lowest BCUT2D eigenvalue weighted by molar-refractivity contribution is 0.297. The minimum atomic E-state index is 0.458. The third-order valence-corrected chi connectivity index (χ3v) is 3.54. The molecule has 1 aromatic carbocycles. The highest BCUT2D eigenvalue weighted by molar-refractivity contribution is 5.92. The molecule has 1 saturated carbocycles. The van der Waals surface area contributed by atoms with Crippen molar-refractivity contribution in [2.24, 2.45) is 16.6 Å². The topological polar surface area (TPSA) is 68.9 Å². The largest absolute Gasteiger partial charge is 0.490 e. The van der Waals surface area contributed by atoms with Crippen molar-refractivity contribution in [1.29, 1.82) is 0 Å². The Morgan fingerprint density at radius 1 is 1.25 bits per heavy atom. The summed E-state index contributed by atoms with van der Waals surface area (Å²) in [7, 11) is 0. The van der Waals surface area contributed by atoms with Crippen molar-refractivity contribution in [2.45, 2.75) is 25.7 Å². The summed E-state index contributed by atoms with van der Waals surface area (Å²) in [5.41, 5.74) is 6.76. The molecule has 0 atom stereocenters. The first kappa shape index (κ1) is 13.1. The highest BCUT2D eigenvalue weighted by atomic mass is 16.5. The Labute approximate surface area is 119 Å². The molecule has 1 aliphatic carbocycles. The molecule has 1 heterocycles. The summed E-state index contributed by atoms with van der Waals surface area (Å²) in [6.07, 6.45) is 4.75. The van der Waals surface area contributed by atoms with E-state index in [2.05, 4.69) is 10.3 Å². The molecule has 20 heavy (non-hydrogen) atoms. The quantitative estimate of drug-likeness (QED) is 0.654. The van der Waals surface area contributed by atoms with Crippen LogP contribution in [0.2, 0.25) is 0 Å². The smallest absolute Gasteiger partial charge is 0.193 e. The number of aliphatic imine (C=N–C) groups is 1. The predicted molar refractivity (Wildman–Crippen MR) is 79.5 cm³/mol. The van der Waals surface area contributed by atoms with Gasteiger partial charge in [0.15, 0.2) is 17.5 Å². The van der Waals surface area contributed by atoms with Crippen LogP contribution in [0.5, 0.6) is 11.5 Å². The molecule has 5 heteroatoms. The van der Waals surface area contributed by atoms with Gasteiger partial charge in [0.2, 0.25) is 0 Å². The minimum Gasteiger partial charge on any atom is -0.490 e. The van der Waals surface area contributed by atoms with Crippen molar-refractivity contribution in [3.63, 3.8) is 0 Å². The number of ether oxygens (including phenoxy) is 2. The number of benzene rings is 1. The number of nitrogens with zero attached hydrogens (tertiary/aromatic N) is 1. The summed E-state index contributed by atoms with van der Waals surface area (Å²) in [6.45, 7) is 2.18. The molecule has 0 amide bonds. The van der Waals surface area contributed by atoms with Crippen LogP contribution in [0.25, 0.3) is 0 Å². The van der Waals surface area contributed by atoms with Gasteiger partial charge >= 0.3 is 0 Å². The Bertz CT molecular complexity index is 498. The van der Waals surface area contributed by atoms with E-state index in [1.54, 1.807) is 0 Å². The van der Waals surface area contributed by atoms with Crippen molar-refractivity contribution in [2.75, 3.05) is 25.1 Å². The monoisotopic (exact) mass is 275 g/mol. The standard InChI is InChI=1S/C15H21N3O2/c16-15(17-7-6-11-2-3-11)18-12-4-5-13-14(10-12)20-9-1-8-19-13/h4-5,10-11H,1-3,6-9H2,(H3,16,17,18). The summed E-state index contributed by atoms with van der Waals surface area (Å²) in [6, 6.07) is 5.74. The second kappa shape index (κ2) is 6.03. The zero-order chi connectivity index (χ0) is 13.8. The van der Waals surface area contributed by atoms with Crippen molar-refractivity contribution >= 4 is 11.6 Å². The van der Waals surface area contributed by atoms with E-state index in [9.17, 15) is 0 Å². The lowest BCUT2D eigenvalue weighted by Crippen LogP contribution is -2.22. The van der Waals surface area contributed by atoms with Gasteiger partial charge in [0.05, 0.1) is 13.2 Å². The van der Waals surface area contributed by atoms with Gasteiger partial charge in [0.25, 0.3) is 0 Å². The fourth-order valence-corrected chi connectivity index (χ4v) is 2.20. The van der Waals surface area contributed by atoms with Crippen LogP contribution in [-0.2, 0) is 0 Å². The minimum absolute atomic E-state index is 0.458. The second-order valence-electron chi connectivity index (χ2n) is 5.34. The van der Waals surface area contributed by atoms with Gasteiger partial charge < -0.3 is 20.5 Å². The van der Waals surface area contributed by atoms with Gasteiger partial charge in [-0.25, -0.2) is 0 Å². The molecule has 0 radical (unpaired) electrons. The molecule has 0 saturated heterocycles. The molecule has 1 aromatic rings. The molecule has 3 N–H and O–H groups in total. The average molecular weight is 275 g/mol. The molecule has 2 aliphatic rings. The van der Waals surface area contributed by atoms with Crippen LogP contribution in [0.1, 0.15) is 25.7 Å². The van der Waals surface area contributed by atoms with Gasteiger partial charge in [-0.2, -0.15) is 0 Å². The Morgan fingerprint density at radius 2 is 2.05 bits per heavy atom. The summed E-state index contributed by atoms with van der Waals surface area (Å²) in [5.74, 6) is 2.89. The third-order valence-electron chi connectivity index (χ3n) is 3.54. The number of nitrogens with two attached hydrogens (primary N) is 1. The van der Waals surface area contributed by atoms with Crippen LogP contribution in [-0.4, -0.2) is 25.7 Å². The highest BCUT2D eigenvalue weighted by Gasteiger charge is 2.20. The summed E-state index contributed by atoms with van der Waals surface area (Å²) >= 11 is 0. The van der Waals surface area contributed by atoms with E-state index >= 15 is 0 Å². The van der Waals surface area contributed by atoms with Gasteiger partial charge in [-0.3, -0.25) is 4.99 Å². The van der Waals surface area contributed by atoms with E-state index < -0.39 is 0 Å². The highest BCUT2D eigenvalue weighted by Crippen LogP contribution is 2.33. The maximum atomic E-state index is 5.89. The lowest BCUT2D eigenvalue weighted by Gasteiger charge is -2.10. The van der Waals surface area contributed by atoms with Crippen LogP contribution in [0.3, 0.4) is 0 Å². The molecular weight excluding hydrogens is 254 g/mol. The number of hydrogen-bond acceptors (Lipinski definition) is 3. The molecule has 0 spiro atoms. The number of nitrogens with one attached hydrogen (secondary N) is 1. The van der Waals surface area contributed by atoms with Gasteiger partial charge in [0.1, 0.15) is 0 Å². The molecule has 0 bridgehead atoms. The summed E-state index contributed by atoms with van der Waals surface area (Å²) < 4.78 is 11.2. The Morgan fingerprint density at radius 3 is 2.85 bits per heavy atom. The van der Waals surface area contributed by atoms with Crippen LogP contribution in [0.4, 0.5) is 5.69 Å². The van der Waals surface area contributed by atoms with Crippen LogP contribution < -0.4 is 20.5 Å². The van der Waals surface area contributed by atoms with E-state index in [-0.39, 0.29) is 0 Å². The van der Waals surface area contributed by atoms with Crippen molar-refractivity contribution in [3.8, 4) is 11.5 Å². The lowest BCUT2D eigenvalue weighted by atomic mass is 10.3. The predicted octanol–water partition coefficient (Wildman–Crippen LogP) is 2.37. The van der Waals surface area contributed by atoms with Crippen LogP contribution in [0, 0.1) is 5.92 Å². The average Bonchev–Trinajstić information content (AvgIpc) is 3.24. The fourth-order valence-electron chi connectivity index (χ4n) is 2.20. The third kappa shape index (κ3) is 3.56. The molecule has 108 valence electrons. The number of anilines is 1. The maximum absolute atomic E-state index is 5.89. The molecular formula is C15H21N3O2. The first-order chi connectivity index (χ1) is 9.81. The molecule has 1 aliphatic heterocycles. The van der Waals surface area contributed by atoms with Crippen LogP contribution >= 0.6 is 0 Å². The Hall–Kier alpha value is -1.91. The molecule has 1 fully saturated rings. The first-order valence-corrected chi connectivity index (χ1v) is 7.28. The molecule has 0 aromatic heterocycles. The van der Waals surface area contributed by atoms with Crippen molar-refractivity contribution in [3.05, 3.63) is 18.2 Å². The number of rotatable bonds is 4. The summed E-state index contributed by atoms with van der Waals surface area (Å²) in [5, 5.41) is 3.10. The van der Waals surface area contributed by atoms with Gasteiger partial charge in [0, 0.05) is 24.7 Å². The Kier molecular flexibility index (Phi) is 3.95. The Balaban J connectivity index is 1.60. The van der Waals surface area contributed by atoms with Crippen molar-refractivity contribution < 1.29 is 9.47 Å². The van der Waals surface area contributed by atoms with E-state index in [0.29, 0.717) is 19.2 Å². The summed E-state index contributed by atoms with van der Waals surface area (Å²) in [4.78, 5) is 4.34. The fraction of sp³-hybridized carbons (Fsp3) is 0.533. The van der Waals surface area contributed by atoms with E-state index in [0.717, 1.165) is 42.5 Å². The van der Waals surface area contributed by atoms with Crippen molar-refractivity contribution in [1.82, 2.24) is 0 Å². The van der Waals surface area contributed by atoms with E-state index in [1.807, 2.05) is 18.2 Å². The normalized spacial score (nSPS) is 18.5. The molecule has 5 nitrogen and oxygen atoms in total. The number of guanidine groups is 1. The second-order valence-corrected chi connectivity index (χ2v) is 5.34. The van der Waals surface area contributed by atoms with Gasteiger partial charge in [-0.15, -0.1) is 0 Å². The number of hydrogen-bond donors (Lipinski definition) is 2. The maximum Gasteiger partial charge on any atom is 0.193 e. The van der Waals surface area contributed by atoms with Crippen LogP contribution in [0.15, 0.2) is 23.2 Å². The van der Waals surface area contributed by atoms with E-state index in [4.69, 9.17) is 15.2 Å². The van der Waals surface area contributed by atoms with Gasteiger partial charge in [-0.1, -0.05) is 12.8 Å². The van der Waals surface area contributed by atoms with E-state index in [1.165, 1.54) is 12.8 Å². The van der Waals surface area contributed by atoms with Gasteiger partial charge in [-0.05, 0) is 24.5 Å². The zero-order valence-corrected chi connectivity index (χ0v) is 11.6. The first-order valence-electron chi connectivity index (χ1n) is 7.28. The SMILES string of the molecule is NC(=NCCC1CC1)Nc1ccc2c(c1)OCCCO2.